The number of hydrogen-bond acceptors (Lipinski definition) is 0. The molecule has 0 amide bonds. The Morgan fingerprint density at radius 2 is 1.81 bits per heavy atom. The summed E-state index contributed by atoms with van der Waals surface area (Å²) in [5.41, 5.74) is 0.883. The van der Waals surface area contributed by atoms with Crippen LogP contribution in [0.5, 0.6) is 0 Å². The highest BCUT2D eigenvalue weighted by Gasteiger charge is 2.11. The summed E-state index contributed by atoms with van der Waals surface area (Å²) in [7, 11) is 0. The van der Waals surface area contributed by atoms with Crippen LogP contribution in [0.1, 0.15) is 25.8 Å². The first kappa shape index (κ1) is 13.7. The van der Waals surface area contributed by atoms with Crippen LogP contribution in [0.4, 0.5) is 0 Å². The van der Waals surface area contributed by atoms with Crippen LogP contribution in [-0.4, -0.2) is 0 Å². The standard InChI is InChI=1S/C13H13Cl3/c1-3-4-5-9(2)8-10-11(14)6-7-12(15)13(10)16/h6-7,9H,3,8H2,1-2H3. The molecule has 0 nitrogen and oxygen atoms in total. The molecule has 0 aliphatic rings. The van der Waals surface area contributed by atoms with Gasteiger partial charge in [-0.05, 0) is 24.1 Å². The van der Waals surface area contributed by atoms with E-state index in [9.17, 15) is 0 Å². The van der Waals surface area contributed by atoms with Crippen molar-refractivity contribution in [1.29, 1.82) is 0 Å². The number of halogens is 3. The van der Waals surface area contributed by atoms with E-state index < -0.39 is 0 Å². The van der Waals surface area contributed by atoms with Crippen molar-refractivity contribution in [1.82, 2.24) is 0 Å². The molecule has 1 atom stereocenters. The highest BCUT2D eigenvalue weighted by molar-refractivity contribution is 6.44. The second-order valence-corrected chi connectivity index (χ2v) is 4.79. The SMILES string of the molecule is CCC#CC(C)Cc1c(Cl)ccc(Cl)c1Cl. The van der Waals surface area contributed by atoms with E-state index in [2.05, 4.69) is 18.8 Å². The molecule has 0 fully saturated rings. The summed E-state index contributed by atoms with van der Waals surface area (Å²) < 4.78 is 0. The van der Waals surface area contributed by atoms with Gasteiger partial charge in [0.25, 0.3) is 0 Å². The van der Waals surface area contributed by atoms with Gasteiger partial charge in [0.05, 0.1) is 10.0 Å². The molecule has 0 spiro atoms. The fourth-order valence-corrected chi connectivity index (χ4v) is 2.09. The average molecular weight is 276 g/mol. The van der Waals surface area contributed by atoms with E-state index in [1.54, 1.807) is 12.1 Å². The molecule has 1 aromatic rings. The van der Waals surface area contributed by atoms with E-state index in [1.807, 2.05) is 6.92 Å². The minimum Gasteiger partial charge on any atom is -0.103 e. The summed E-state index contributed by atoms with van der Waals surface area (Å²) in [6, 6.07) is 3.48. The third-order valence-electron chi connectivity index (χ3n) is 2.17. The van der Waals surface area contributed by atoms with Crippen molar-refractivity contribution in [2.45, 2.75) is 26.7 Å². The van der Waals surface area contributed by atoms with Crippen molar-refractivity contribution in [3.63, 3.8) is 0 Å². The van der Waals surface area contributed by atoms with Gasteiger partial charge in [-0.2, -0.15) is 0 Å². The first-order chi connectivity index (χ1) is 7.56. The van der Waals surface area contributed by atoms with Crippen molar-refractivity contribution in [3.8, 4) is 11.8 Å². The molecular formula is C13H13Cl3. The Labute approximate surface area is 112 Å². The van der Waals surface area contributed by atoms with Crippen LogP contribution in [0.2, 0.25) is 15.1 Å². The highest BCUT2D eigenvalue weighted by Crippen LogP contribution is 2.32. The zero-order valence-electron chi connectivity index (χ0n) is 9.28. The molecule has 1 aromatic carbocycles. The van der Waals surface area contributed by atoms with Crippen molar-refractivity contribution in [2.75, 3.05) is 0 Å². The van der Waals surface area contributed by atoms with Gasteiger partial charge in [-0.25, -0.2) is 0 Å². The molecule has 1 unspecified atom stereocenters. The van der Waals surface area contributed by atoms with Gasteiger partial charge in [0.15, 0.2) is 0 Å². The van der Waals surface area contributed by atoms with Crippen LogP contribution in [0, 0.1) is 17.8 Å². The monoisotopic (exact) mass is 274 g/mol. The molecule has 0 aliphatic heterocycles. The van der Waals surface area contributed by atoms with E-state index in [1.165, 1.54) is 0 Å². The Morgan fingerprint density at radius 3 is 2.44 bits per heavy atom. The van der Waals surface area contributed by atoms with Crippen LogP contribution in [0.3, 0.4) is 0 Å². The topological polar surface area (TPSA) is 0 Å². The molecule has 0 radical (unpaired) electrons. The lowest BCUT2D eigenvalue weighted by Gasteiger charge is -2.10. The molecule has 1 rings (SSSR count). The molecule has 16 heavy (non-hydrogen) atoms. The minimum atomic E-state index is 0.230. The Bertz CT molecular complexity index is 427. The van der Waals surface area contributed by atoms with Gasteiger partial charge in [-0.15, -0.1) is 5.92 Å². The second-order valence-electron chi connectivity index (χ2n) is 3.60. The van der Waals surface area contributed by atoms with Crippen LogP contribution in [0.25, 0.3) is 0 Å². The summed E-state index contributed by atoms with van der Waals surface area (Å²) in [6.45, 7) is 4.08. The van der Waals surface area contributed by atoms with Crippen molar-refractivity contribution in [3.05, 3.63) is 32.8 Å². The molecule has 3 heteroatoms. The van der Waals surface area contributed by atoms with Crippen LogP contribution >= 0.6 is 34.8 Å². The van der Waals surface area contributed by atoms with E-state index in [0.717, 1.165) is 18.4 Å². The van der Waals surface area contributed by atoms with Crippen LogP contribution in [-0.2, 0) is 6.42 Å². The maximum atomic E-state index is 6.11. The third kappa shape index (κ3) is 3.59. The number of rotatable bonds is 2. The van der Waals surface area contributed by atoms with E-state index >= 15 is 0 Å². The Hall–Kier alpha value is -0.350. The first-order valence-electron chi connectivity index (χ1n) is 5.17. The predicted octanol–water partition coefficient (Wildman–Crippen LogP) is 5.24. The summed E-state index contributed by atoms with van der Waals surface area (Å²) in [4.78, 5) is 0. The Kier molecular flexibility index (Phi) is 5.49. The normalized spacial score (nSPS) is 11.8. The second kappa shape index (κ2) is 6.40. The molecule has 0 heterocycles. The van der Waals surface area contributed by atoms with Crippen molar-refractivity contribution < 1.29 is 0 Å². The first-order valence-corrected chi connectivity index (χ1v) is 6.30. The molecule has 0 saturated carbocycles. The lowest BCUT2D eigenvalue weighted by atomic mass is 10.0. The van der Waals surface area contributed by atoms with E-state index in [-0.39, 0.29) is 5.92 Å². The number of hydrogen-bond donors (Lipinski definition) is 0. The summed E-state index contributed by atoms with van der Waals surface area (Å²) in [5, 5.41) is 1.73. The van der Waals surface area contributed by atoms with Crippen molar-refractivity contribution in [2.24, 2.45) is 5.92 Å². The molecular weight excluding hydrogens is 263 g/mol. The zero-order valence-corrected chi connectivity index (χ0v) is 11.5. The van der Waals surface area contributed by atoms with Gasteiger partial charge in [-0.1, -0.05) is 54.6 Å². The minimum absolute atomic E-state index is 0.230. The molecule has 0 aromatic heterocycles. The van der Waals surface area contributed by atoms with Gasteiger partial charge in [0.2, 0.25) is 0 Å². The van der Waals surface area contributed by atoms with Gasteiger partial charge < -0.3 is 0 Å². The zero-order chi connectivity index (χ0) is 12.1. The maximum Gasteiger partial charge on any atom is 0.0639 e. The van der Waals surface area contributed by atoms with E-state index in [4.69, 9.17) is 34.8 Å². The lowest BCUT2D eigenvalue weighted by Crippen LogP contribution is -1.98. The van der Waals surface area contributed by atoms with Crippen LogP contribution < -0.4 is 0 Å². The molecule has 0 bridgehead atoms. The Balaban J connectivity index is 2.92. The lowest BCUT2D eigenvalue weighted by molar-refractivity contribution is 0.749. The third-order valence-corrected chi connectivity index (χ3v) is 3.37. The quantitative estimate of drug-likeness (QED) is 0.511. The molecule has 0 saturated heterocycles. The summed E-state index contributed by atoms with van der Waals surface area (Å²) in [6.07, 6.45) is 1.59. The van der Waals surface area contributed by atoms with Gasteiger partial charge in [-0.3, -0.25) is 0 Å². The molecule has 0 aliphatic carbocycles. The maximum absolute atomic E-state index is 6.11. The van der Waals surface area contributed by atoms with Crippen molar-refractivity contribution >= 4 is 34.8 Å². The fourth-order valence-electron chi connectivity index (χ4n) is 1.39. The summed E-state index contributed by atoms with van der Waals surface area (Å²) in [5.74, 6) is 6.43. The molecule has 0 N–H and O–H groups in total. The smallest absolute Gasteiger partial charge is 0.0639 e. The Morgan fingerprint density at radius 1 is 1.19 bits per heavy atom. The highest BCUT2D eigenvalue weighted by atomic mass is 35.5. The van der Waals surface area contributed by atoms with Gasteiger partial charge in [0.1, 0.15) is 0 Å². The predicted molar refractivity (Wildman–Crippen MR) is 72.4 cm³/mol. The largest absolute Gasteiger partial charge is 0.103 e. The van der Waals surface area contributed by atoms with E-state index in [0.29, 0.717) is 15.1 Å². The van der Waals surface area contributed by atoms with Crippen LogP contribution in [0.15, 0.2) is 12.1 Å². The summed E-state index contributed by atoms with van der Waals surface area (Å²) >= 11 is 18.1. The molecule has 86 valence electrons. The van der Waals surface area contributed by atoms with Gasteiger partial charge in [0, 0.05) is 17.4 Å². The number of benzene rings is 1. The fraction of sp³-hybridized carbons (Fsp3) is 0.385. The van der Waals surface area contributed by atoms with Gasteiger partial charge >= 0.3 is 0 Å². The average Bonchev–Trinajstić information content (AvgIpc) is 2.27.